The van der Waals surface area contributed by atoms with Crippen LogP contribution >= 0.6 is 0 Å². The van der Waals surface area contributed by atoms with Gasteiger partial charge in [-0.3, -0.25) is 4.90 Å². The summed E-state index contributed by atoms with van der Waals surface area (Å²) in [5.41, 5.74) is 6.31. The molecule has 0 radical (unpaired) electrons. The van der Waals surface area contributed by atoms with Crippen LogP contribution in [0.2, 0.25) is 0 Å². The normalized spacial score (nSPS) is 35.0. The summed E-state index contributed by atoms with van der Waals surface area (Å²) in [6.07, 6.45) is 6.65. The fourth-order valence-corrected chi connectivity index (χ4v) is 2.12. The van der Waals surface area contributed by atoms with Gasteiger partial charge >= 0.3 is 0 Å². The quantitative estimate of drug-likeness (QED) is 0.674. The minimum Gasteiger partial charge on any atom is -0.324 e. The van der Waals surface area contributed by atoms with Crippen LogP contribution in [0.3, 0.4) is 0 Å². The lowest BCUT2D eigenvalue weighted by atomic mass is 10.0. The smallest absolute Gasteiger partial charge is 0.0284 e. The van der Waals surface area contributed by atoms with Gasteiger partial charge in [0.1, 0.15) is 0 Å². The van der Waals surface area contributed by atoms with Crippen molar-refractivity contribution in [1.82, 2.24) is 4.90 Å². The highest BCUT2D eigenvalue weighted by molar-refractivity contribution is 5.01. The third-order valence-electron chi connectivity index (χ3n) is 3.35. The molecule has 0 amide bonds. The standard InChI is InChI=1S/C10H20N2/c1-9-4-2-3-7-12(9)8-10(11)5-6-10/h9H,2-8,11H2,1H3. The highest BCUT2D eigenvalue weighted by Crippen LogP contribution is 2.34. The topological polar surface area (TPSA) is 29.3 Å². The van der Waals surface area contributed by atoms with E-state index in [9.17, 15) is 0 Å². The molecule has 1 aliphatic heterocycles. The first-order chi connectivity index (χ1) is 5.70. The maximum absolute atomic E-state index is 6.10. The van der Waals surface area contributed by atoms with Crippen LogP contribution in [-0.2, 0) is 0 Å². The van der Waals surface area contributed by atoms with Crippen molar-refractivity contribution in [1.29, 1.82) is 0 Å². The molecular formula is C10H20N2. The molecule has 1 atom stereocenters. The van der Waals surface area contributed by atoms with E-state index in [0.29, 0.717) is 0 Å². The van der Waals surface area contributed by atoms with Gasteiger partial charge < -0.3 is 5.73 Å². The lowest BCUT2D eigenvalue weighted by Gasteiger charge is -2.35. The van der Waals surface area contributed by atoms with Gasteiger partial charge in [-0.1, -0.05) is 6.42 Å². The van der Waals surface area contributed by atoms with E-state index >= 15 is 0 Å². The average Bonchev–Trinajstić information content (AvgIpc) is 2.74. The van der Waals surface area contributed by atoms with Crippen molar-refractivity contribution >= 4 is 0 Å². The van der Waals surface area contributed by atoms with Crippen LogP contribution in [0.15, 0.2) is 0 Å². The molecule has 0 aromatic carbocycles. The third-order valence-corrected chi connectivity index (χ3v) is 3.35. The minimum atomic E-state index is 0.214. The summed E-state index contributed by atoms with van der Waals surface area (Å²) < 4.78 is 0. The van der Waals surface area contributed by atoms with E-state index in [4.69, 9.17) is 5.73 Å². The number of nitrogens with two attached hydrogens (primary N) is 1. The average molecular weight is 168 g/mol. The lowest BCUT2D eigenvalue weighted by Crippen LogP contribution is -2.46. The highest BCUT2D eigenvalue weighted by atomic mass is 15.2. The van der Waals surface area contributed by atoms with E-state index in [1.54, 1.807) is 0 Å². The van der Waals surface area contributed by atoms with Gasteiger partial charge in [-0.15, -0.1) is 0 Å². The van der Waals surface area contributed by atoms with Gasteiger partial charge in [0.2, 0.25) is 0 Å². The van der Waals surface area contributed by atoms with Crippen molar-refractivity contribution in [2.75, 3.05) is 13.1 Å². The van der Waals surface area contributed by atoms with Crippen LogP contribution in [0.4, 0.5) is 0 Å². The predicted molar refractivity (Wildman–Crippen MR) is 51.0 cm³/mol. The van der Waals surface area contributed by atoms with Crippen LogP contribution in [0, 0.1) is 0 Å². The minimum absolute atomic E-state index is 0.214. The summed E-state index contributed by atoms with van der Waals surface area (Å²) in [7, 11) is 0. The molecule has 70 valence electrons. The summed E-state index contributed by atoms with van der Waals surface area (Å²) in [5, 5.41) is 0. The number of nitrogens with zero attached hydrogens (tertiary/aromatic N) is 1. The number of rotatable bonds is 2. The van der Waals surface area contributed by atoms with E-state index in [0.717, 1.165) is 12.6 Å². The number of hydrogen-bond donors (Lipinski definition) is 1. The highest BCUT2D eigenvalue weighted by Gasteiger charge is 2.40. The number of piperidine rings is 1. The van der Waals surface area contributed by atoms with Crippen molar-refractivity contribution in [2.45, 2.75) is 50.6 Å². The molecule has 1 unspecified atom stereocenters. The lowest BCUT2D eigenvalue weighted by molar-refractivity contribution is 0.147. The molecule has 2 heteroatoms. The second-order valence-electron chi connectivity index (χ2n) is 4.68. The SMILES string of the molecule is CC1CCCCN1CC1(N)CC1. The van der Waals surface area contributed by atoms with Crippen molar-refractivity contribution in [3.05, 3.63) is 0 Å². The number of likely N-dealkylation sites (tertiary alicyclic amines) is 1. The zero-order valence-corrected chi connectivity index (χ0v) is 8.05. The Balaban J connectivity index is 1.84. The van der Waals surface area contributed by atoms with Gasteiger partial charge in [0, 0.05) is 18.1 Å². The van der Waals surface area contributed by atoms with Gasteiger partial charge in [0.25, 0.3) is 0 Å². The first kappa shape index (κ1) is 8.52. The van der Waals surface area contributed by atoms with Crippen molar-refractivity contribution in [3.8, 4) is 0 Å². The molecule has 1 saturated carbocycles. The summed E-state index contributed by atoms with van der Waals surface area (Å²) in [4.78, 5) is 2.58. The van der Waals surface area contributed by atoms with Crippen LogP contribution < -0.4 is 5.73 Å². The zero-order chi connectivity index (χ0) is 8.60. The fraction of sp³-hybridized carbons (Fsp3) is 1.00. The molecular weight excluding hydrogens is 148 g/mol. The Bertz CT molecular complexity index is 163. The Kier molecular flexibility index (Phi) is 2.13. The predicted octanol–water partition coefficient (Wildman–Crippen LogP) is 1.35. The first-order valence-electron chi connectivity index (χ1n) is 5.23. The summed E-state index contributed by atoms with van der Waals surface area (Å²) in [6.45, 7) is 4.76. The largest absolute Gasteiger partial charge is 0.324 e. The van der Waals surface area contributed by atoms with Gasteiger partial charge in [-0.05, 0) is 39.2 Å². The molecule has 0 aromatic rings. The first-order valence-corrected chi connectivity index (χ1v) is 5.23. The summed E-state index contributed by atoms with van der Waals surface area (Å²) >= 11 is 0. The second kappa shape index (κ2) is 3.00. The van der Waals surface area contributed by atoms with Crippen LogP contribution in [0.5, 0.6) is 0 Å². The van der Waals surface area contributed by atoms with E-state index in [1.807, 2.05) is 0 Å². The van der Waals surface area contributed by atoms with Gasteiger partial charge in [0.15, 0.2) is 0 Å². The molecule has 0 bridgehead atoms. The zero-order valence-electron chi connectivity index (χ0n) is 8.05. The Morgan fingerprint density at radius 1 is 1.42 bits per heavy atom. The number of hydrogen-bond acceptors (Lipinski definition) is 2. The molecule has 1 saturated heterocycles. The van der Waals surface area contributed by atoms with Crippen LogP contribution in [-0.4, -0.2) is 29.6 Å². The molecule has 0 aromatic heterocycles. The second-order valence-corrected chi connectivity index (χ2v) is 4.68. The van der Waals surface area contributed by atoms with E-state index in [2.05, 4.69) is 11.8 Å². The summed E-state index contributed by atoms with van der Waals surface area (Å²) in [5.74, 6) is 0. The molecule has 1 heterocycles. The van der Waals surface area contributed by atoms with Crippen molar-refractivity contribution in [2.24, 2.45) is 5.73 Å². The van der Waals surface area contributed by atoms with Crippen LogP contribution in [0.25, 0.3) is 0 Å². The van der Waals surface area contributed by atoms with Crippen LogP contribution in [0.1, 0.15) is 39.0 Å². The molecule has 2 fully saturated rings. The maximum atomic E-state index is 6.10. The molecule has 0 spiro atoms. The molecule has 2 aliphatic rings. The molecule has 1 aliphatic carbocycles. The Labute approximate surface area is 75.1 Å². The molecule has 12 heavy (non-hydrogen) atoms. The Hall–Kier alpha value is -0.0800. The molecule has 2 nitrogen and oxygen atoms in total. The van der Waals surface area contributed by atoms with Gasteiger partial charge in [0.05, 0.1) is 0 Å². The van der Waals surface area contributed by atoms with E-state index < -0.39 is 0 Å². The monoisotopic (exact) mass is 168 g/mol. The fourth-order valence-electron chi connectivity index (χ4n) is 2.12. The van der Waals surface area contributed by atoms with Gasteiger partial charge in [-0.2, -0.15) is 0 Å². The Morgan fingerprint density at radius 3 is 2.75 bits per heavy atom. The summed E-state index contributed by atoms with van der Waals surface area (Å²) in [6, 6.07) is 0.778. The molecule has 2 N–H and O–H groups in total. The van der Waals surface area contributed by atoms with E-state index in [-0.39, 0.29) is 5.54 Å². The maximum Gasteiger partial charge on any atom is 0.0284 e. The van der Waals surface area contributed by atoms with E-state index in [1.165, 1.54) is 38.6 Å². The van der Waals surface area contributed by atoms with Crippen molar-refractivity contribution in [3.63, 3.8) is 0 Å². The Morgan fingerprint density at radius 2 is 2.17 bits per heavy atom. The van der Waals surface area contributed by atoms with Crippen molar-refractivity contribution < 1.29 is 0 Å². The third kappa shape index (κ3) is 1.80. The molecule has 2 rings (SSSR count). The van der Waals surface area contributed by atoms with Gasteiger partial charge in [-0.25, -0.2) is 0 Å².